The lowest BCUT2D eigenvalue weighted by atomic mass is 9.66. The highest BCUT2D eigenvalue weighted by Gasteiger charge is 2.43. The van der Waals surface area contributed by atoms with E-state index in [0.29, 0.717) is 11.8 Å². The first-order valence-electron chi connectivity index (χ1n) is 10.0. The number of rotatable bonds is 4. The summed E-state index contributed by atoms with van der Waals surface area (Å²) in [4.78, 5) is 24.8. The Bertz CT molecular complexity index is 500. The highest BCUT2D eigenvalue weighted by Crippen LogP contribution is 2.44. The third kappa shape index (κ3) is 6.57. The number of esters is 2. The molecule has 0 spiro atoms. The second-order valence-electron chi connectivity index (χ2n) is 9.85. The molecule has 0 aromatic heterocycles. The molecule has 5 heteroatoms. The minimum Gasteiger partial charge on any atom is -0.460 e. The summed E-state index contributed by atoms with van der Waals surface area (Å²) in [7, 11) is 0. The van der Waals surface area contributed by atoms with Crippen LogP contribution in [0.3, 0.4) is 0 Å². The quantitative estimate of drug-likeness (QED) is 0.694. The smallest absolute Gasteiger partial charge is 0.332 e. The van der Waals surface area contributed by atoms with Gasteiger partial charge in [-0.05, 0) is 66.2 Å². The number of fused-ring (bicyclic) bond motifs is 1. The number of carbonyl (C=O) groups is 2. The van der Waals surface area contributed by atoms with Crippen molar-refractivity contribution in [2.75, 3.05) is 6.61 Å². The van der Waals surface area contributed by atoms with Crippen molar-refractivity contribution in [3.05, 3.63) is 0 Å². The molecule has 0 amide bonds. The average molecular weight is 369 g/mol. The largest absolute Gasteiger partial charge is 0.460 e. The van der Waals surface area contributed by atoms with Crippen molar-refractivity contribution in [3.8, 4) is 0 Å². The molecule has 2 aliphatic carbocycles. The van der Waals surface area contributed by atoms with E-state index in [1.807, 2.05) is 41.5 Å². The Morgan fingerprint density at radius 2 is 1.38 bits per heavy atom. The minimum absolute atomic E-state index is 0.112. The minimum atomic E-state index is -0.536. The predicted molar refractivity (Wildman–Crippen MR) is 99.6 cm³/mol. The standard InChI is InChI=1S/C21H36O5/c1-20(2,3)25-18(22)13-24-17-12-15-10-8-7-9-14(15)11-16(17)19(23)26-21(4,5)6/h14-17H,7-13H2,1-6H3. The molecule has 0 N–H and O–H groups in total. The maximum Gasteiger partial charge on any atom is 0.332 e. The molecule has 0 aliphatic heterocycles. The summed E-state index contributed by atoms with van der Waals surface area (Å²) in [5.74, 6) is 0.284. The molecule has 5 nitrogen and oxygen atoms in total. The fourth-order valence-electron chi connectivity index (χ4n) is 4.20. The van der Waals surface area contributed by atoms with Crippen LogP contribution < -0.4 is 0 Å². The van der Waals surface area contributed by atoms with Gasteiger partial charge in [-0.25, -0.2) is 4.79 Å². The molecule has 2 aliphatic rings. The maximum atomic E-state index is 12.8. The average Bonchev–Trinajstić information content (AvgIpc) is 2.48. The summed E-state index contributed by atoms with van der Waals surface area (Å²) in [6.45, 7) is 11.0. The van der Waals surface area contributed by atoms with Gasteiger partial charge in [0.05, 0.1) is 12.0 Å². The van der Waals surface area contributed by atoms with Crippen LogP contribution in [0.2, 0.25) is 0 Å². The number of ether oxygens (including phenoxy) is 3. The Morgan fingerprint density at radius 1 is 0.846 bits per heavy atom. The summed E-state index contributed by atoms with van der Waals surface area (Å²) in [6.07, 6.45) is 6.23. The van der Waals surface area contributed by atoms with E-state index in [1.165, 1.54) is 25.7 Å². The molecule has 2 fully saturated rings. The van der Waals surface area contributed by atoms with Gasteiger partial charge in [-0.3, -0.25) is 4.79 Å². The van der Waals surface area contributed by atoms with Gasteiger partial charge in [0.25, 0.3) is 0 Å². The van der Waals surface area contributed by atoms with Crippen LogP contribution in [0, 0.1) is 17.8 Å². The fourth-order valence-corrected chi connectivity index (χ4v) is 4.20. The number of carbonyl (C=O) groups excluding carboxylic acids is 2. The van der Waals surface area contributed by atoms with Crippen molar-refractivity contribution in [1.29, 1.82) is 0 Å². The van der Waals surface area contributed by atoms with Crippen LogP contribution in [0.25, 0.3) is 0 Å². The van der Waals surface area contributed by atoms with Crippen LogP contribution in [0.1, 0.15) is 80.1 Å². The van der Waals surface area contributed by atoms with Gasteiger partial charge in [0, 0.05) is 0 Å². The molecule has 2 rings (SSSR count). The Balaban J connectivity index is 2.02. The van der Waals surface area contributed by atoms with Crippen molar-refractivity contribution in [2.24, 2.45) is 17.8 Å². The lowest BCUT2D eigenvalue weighted by molar-refractivity contribution is -0.178. The lowest BCUT2D eigenvalue weighted by Crippen LogP contribution is -2.45. The van der Waals surface area contributed by atoms with Gasteiger partial charge < -0.3 is 14.2 Å². The molecule has 150 valence electrons. The molecule has 26 heavy (non-hydrogen) atoms. The van der Waals surface area contributed by atoms with Gasteiger partial charge in [0.2, 0.25) is 0 Å². The first kappa shape index (κ1) is 21.2. The van der Waals surface area contributed by atoms with E-state index in [1.54, 1.807) is 0 Å². The van der Waals surface area contributed by atoms with Gasteiger partial charge >= 0.3 is 11.9 Å². The van der Waals surface area contributed by atoms with Crippen molar-refractivity contribution >= 4 is 11.9 Å². The van der Waals surface area contributed by atoms with E-state index in [-0.39, 0.29) is 30.6 Å². The molecule has 4 atom stereocenters. The van der Waals surface area contributed by atoms with Crippen LogP contribution in [-0.4, -0.2) is 35.9 Å². The normalized spacial score (nSPS) is 29.6. The van der Waals surface area contributed by atoms with Crippen LogP contribution in [-0.2, 0) is 23.8 Å². The zero-order valence-corrected chi connectivity index (χ0v) is 17.3. The monoisotopic (exact) mass is 368 g/mol. The molecule has 0 heterocycles. The van der Waals surface area contributed by atoms with Crippen LogP contribution in [0.4, 0.5) is 0 Å². The second kappa shape index (κ2) is 8.28. The molecule has 0 aromatic carbocycles. The van der Waals surface area contributed by atoms with E-state index >= 15 is 0 Å². The molecule has 0 radical (unpaired) electrons. The van der Waals surface area contributed by atoms with Gasteiger partial charge in [-0.15, -0.1) is 0 Å². The van der Waals surface area contributed by atoms with Crippen LogP contribution in [0.5, 0.6) is 0 Å². The Kier molecular flexibility index (Phi) is 6.75. The second-order valence-corrected chi connectivity index (χ2v) is 9.85. The molecule has 4 unspecified atom stereocenters. The lowest BCUT2D eigenvalue weighted by Gasteiger charge is -2.43. The summed E-state index contributed by atoms with van der Waals surface area (Å²) in [6, 6.07) is 0. The zero-order chi connectivity index (χ0) is 19.5. The van der Waals surface area contributed by atoms with Gasteiger partial charge in [-0.1, -0.05) is 25.7 Å². The van der Waals surface area contributed by atoms with Crippen LogP contribution in [0.15, 0.2) is 0 Å². The van der Waals surface area contributed by atoms with Crippen molar-refractivity contribution in [2.45, 2.75) is 97.4 Å². The summed E-state index contributed by atoms with van der Waals surface area (Å²) >= 11 is 0. The van der Waals surface area contributed by atoms with E-state index in [4.69, 9.17) is 14.2 Å². The fraction of sp³-hybridized carbons (Fsp3) is 0.905. The van der Waals surface area contributed by atoms with E-state index in [0.717, 1.165) is 12.8 Å². The Labute approximate surface area is 158 Å². The molecule has 0 bridgehead atoms. The molecular formula is C21H36O5. The summed E-state index contributed by atoms with van der Waals surface area (Å²) in [5, 5.41) is 0. The van der Waals surface area contributed by atoms with Crippen molar-refractivity contribution in [1.82, 2.24) is 0 Å². The van der Waals surface area contributed by atoms with Gasteiger partial charge in [0.1, 0.15) is 17.8 Å². The number of hydrogen-bond acceptors (Lipinski definition) is 5. The van der Waals surface area contributed by atoms with Crippen molar-refractivity contribution < 1.29 is 23.8 Å². The SMILES string of the molecule is CC(C)(C)OC(=O)COC1CC2CCCCC2CC1C(=O)OC(C)(C)C. The summed E-state index contributed by atoms with van der Waals surface area (Å²) in [5.41, 5.74) is -1.05. The van der Waals surface area contributed by atoms with E-state index in [2.05, 4.69) is 0 Å². The third-order valence-electron chi connectivity index (χ3n) is 5.15. The Morgan fingerprint density at radius 3 is 1.92 bits per heavy atom. The van der Waals surface area contributed by atoms with E-state index < -0.39 is 11.2 Å². The highest BCUT2D eigenvalue weighted by atomic mass is 16.6. The number of hydrogen-bond donors (Lipinski definition) is 0. The maximum absolute atomic E-state index is 12.8. The third-order valence-corrected chi connectivity index (χ3v) is 5.15. The first-order chi connectivity index (χ1) is 11.9. The van der Waals surface area contributed by atoms with Gasteiger partial charge in [0.15, 0.2) is 0 Å². The molecule has 0 saturated heterocycles. The molecule has 2 saturated carbocycles. The Hall–Kier alpha value is -1.10. The van der Waals surface area contributed by atoms with E-state index in [9.17, 15) is 9.59 Å². The highest BCUT2D eigenvalue weighted by molar-refractivity contribution is 5.74. The van der Waals surface area contributed by atoms with Gasteiger partial charge in [-0.2, -0.15) is 0 Å². The topological polar surface area (TPSA) is 61.8 Å². The van der Waals surface area contributed by atoms with Crippen molar-refractivity contribution in [3.63, 3.8) is 0 Å². The molecule has 0 aromatic rings. The van der Waals surface area contributed by atoms with Crippen LogP contribution >= 0.6 is 0 Å². The zero-order valence-electron chi connectivity index (χ0n) is 17.3. The summed E-state index contributed by atoms with van der Waals surface area (Å²) < 4.78 is 16.9. The molecular weight excluding hydrogens is 332 g/mol. The predicted octanol–water partition coefficient (Wildman–Crippen LogP) is 4.27. The first-order valence-corrected chi connectivity index (χ1v) is 10.0.